The van der Waals surface area contributed by atoms with Gasteiger partial charge in [0.25, 0.3) is 0 Å². The van der Waals surface area contributed by atoms with Gasteiger partial charge in [0.1, 0.15) is 13.2 Å². The number of hydrogen-bond donors (Lipinski definition) is 0. The van der Waals surface area contributed by atoms with Crippen molar-refractivity contribution in [2.24, 2.45) is 0 Å². The fraction of sp³-hybridized carbons (Fsp3) is 0.571. The van der Waals surface area contributed by atoms with Crippen molar-refractivity contribution in [2.45, 2.75) is 168 Å². The van der Waals surface area contributed by atoms with E-state index in [0.29, 0.717) is 19.3 Å². The SMILES string of the molecule is CC\C=C/C=C\C=C/C=C\C=C/CCCC(=O)OC(COC(=O)CCCCCCC\C=C/C=C\C=C/C=C\CC)COC(=O)CCCCCCCCCCC. The number of rotatable bonds is 36. The van der Waals surface area contributed by atoms with E-state index >= 15 is 0 Å². The van der Waals surface area contributed by atoms with E-state index in [1.54, 1.807) is 0 Å². The molecule has 0 N–H and O–H groups in total. The van der Waals surface area contributed by atoms with E-state index in [9.17, 15) is 14.4 Å². The molecule has 0 aliphatic rings. The Bertz CT molecular complexity index is 1200. The van der Waals surface area contributed by atoms with Gasteiger partial charge in [0.05, 0.1) is 0 Å². The summed E-state index contributed by atoms with van der Waals surface area (Å²) < 4.78 is 16.6. The lowest BCUT2D eigenvalue weighted by atomic mass is 10.1. The summed E-state index contributed by atoms with van der Waals surface area (Å²) >= 11 is 0. The van der Waals surface area contributed by atoms with Crippen LogP contribution in [0.5, 0.6) is 0 Å². The summed E-state index contributed by atoms with van der Waals surface area (Å²) in [7, 11) is 0. The molecule has 0 fully saturated rings. The van der Waals surface area contributed by atoms with Crippen LogP contribution in [0.2, 0.25) is 0 Å². The van der Waals surface area contributed by atoms with E-state index < -0.39 is 12.1 Å². The van der Waals surface area contributed by atoms with Gasteiger partial charge >= 0.3 is 17.9 Å². The summed E-state index contributed by atoms with van der Waals surface area (Å²) in [6.45, 7) is 6.21. The van der Waals surface area contributed by atoms with E-state index in [-0.39, 0.29) is 31.6 Å². The molecule has 0 saturated heterocycles. The number of allylic oxidation sites excluding steroid dienone is 18. The summed E-state index contributed by atoms with van der Waals surface area (Å²) in [6.07, 6.45) is 56.5. The highest BCUT2D eigenvalue weighted by atomic mass is 16.6. The molecule has 0 heterocycles. The lowest BCUT2D eigenvalue weighted by Gasteiger charge is -2.18. The fourth-order valence-electron chi connectivity index (χ4n) is 5.30. The minimum atomic E-state index is -0.822. The second-order valence-electron chi connectivity index (χ2n) is 13.7. The number of hydrogen-bond acceptors (Lipinski definition) is 6. The molecule has 0 aliphatic heterocycles. The van der Waals surface area contributed by atoms with Crippen molar-refractivity contribution in [3.63, 3.8) is 0 Å². The van der Waals surface area contributed by atoms with Gasteiger partial charge in [-0.2, -0.15) is 0 Å². The summed E-state index contributed by atoms with van der Waals surface area (Å²) in [5.41, 5.74) is 0. The molecule has 0 aromatic heterocycles. The predicted octanol–water partition coefficient (Wildman–Crippen LogP) is 13.6. The number of carbonyl (C=O) groups is 3. The highest BCUT2D eigenvalue weighted by Gasteiger charge is 2.19. The van der Waals surface area contributed by atoms with Crippen molar-refractivity contribution in [3.8, 4) is 0 Å². The quantitative estimate of drug-likeness (QED) is 0.0274. The Kier molecular flexibility index (Phi) is 39.7. The molecule has 1 atom stereocenters. The Hall–Kier alpha value is -3.93. The molecular weight excluding hydrogens is 685 g/mol. The zero-order valence-electron chi connectivity index (χ0n) is 34.9. The lowest BCUT2D eigenvalue weighted by Crippen LogP contribution is -2.30. The number of unbranched alkanes of at least 4 members (excludes halogenated alkanes) is 14. The summed E-state index contributed by atoms with van der Waals surface area (Å²) in [4.78, 5) is 37.6. The van der Waals surface area contributed by atoms with Crippen LogP contribution in [-0.2, 0) is 28.6 Å². The van der Waals surface area contributed by atoms with Crippen LogP contribution in [0.4, 0.5) is 0 Å². The maximum absolute atomic E-state index is 12.7. The number of esters is 3. The summed E-state index contributed by atoms with van der Waals surface area (Å²) in [6, 6.07) is 0. The van der Waals surface area contributed by atoms with Crippen molar-refractivity contribution in [2.75, 3.05) is 13.2 Å². The molecule has 0 rings (SSSR count). The molecule has 6 heteroatoms. The normalized spacial score (nSPS) is 13.1. The third-order valence-corrected chi connectivity index (χ3v) is 8.50. The monoisotopic (exact) mass is 761 g/mol. The predicted molar refractivity (Wildman–Crippen MR) is 233 cm³/mol. The molecule has 0 aromatic carbocycles. The van der Waals surface area contributed by atoms with Crippen molar-refractivity contribution in [3.05, 3.63) is 109 Å². The van der Waals surface area contributed by atoms with E-state index in [4.69, 9.17) is 14.2 Å². The first-order valence-electron chi connectivity index (χ1n) is 21.5. The summed E-state index contributed by atoms with van der Waals surface area (Å²) in [5, 5.41) is 0. The maximum atomic E-state index is 12.7. The molecule has 0 amide bonds. The van der Waals surface area contributed by atoms with Gasteiger partial charge in [-0.05, 0) is 51.4 Å². The second kappa shape index (κ2) is 42.8. The lowest BCUT2D eigenvalue weighted by molar-refractivity contribution is -0.167. The highest BCUT2D eigenvalue weighted by Crippen LogP contribution is 2.12. The average molecular weight is 761 g/mol. The molecule has 0 aromatic rings. The van der Waals surface area contributed by atoms with E-state index in [0.717, 1.165) is 77.0 Å². The molecule has 0 aliphatic carbocycles. The zero-order chi connectivity index (χ0) is 40.1. The smallest absolute Gasteiger partial charge is 0.306 e. The van der Waals surface area contributed by atoms with Gasteiger partial charge in [0.2, 0.25) is 0 Å². The first-order valence-corrected chi connectivity index (χ1v) is 21.5. The molecule has 308 valence electrons. The third-order valence-electron chi connectivity index (χ3n) is 8.50. The highest BCUT2D eigenvalue weighted by molar-refractivity contribution is 5.71. The van der Waals surface area contributed by atoms with Crippen LogP contribution < -0.4 is 0 Å². The van der Waals surface area contributed by atoms with Gasteiger partial charge in [0, 0.05) is 19.3 Å². The zero-order valence-corrected chi connectivity index (χ0v) is 34.9. The van der Waals surface area contributed by atoms with Crippen molar-refractivity contribution >= 4 is 17.9 Å². The van der Waals surface area contributed by atoms with Gasteiger partial charge < -0.3 is 14.2 Å². The first kappa shape index (κ1) is 51.1. The van der Waals surface area contributed by atoms with Crippen molar-refractivity contribution in [1.82, 2.24) is 0 Å². The Morgan fingerprint density at radius 3 is 1.16 bits per heavy atom. The number of carbonyl (C=O) groups excluding carboxylic acids is 3. The fourth-order valence-corrected chi connectivity index (χ4v) is 5.30. The van der Waals surface area contributed by atoms with Crippen molar-refractivity contribution < 1.29 is 28.6 Å². The van der Waals surface area contributed by atoms with Crippen LogP contribution in [0.15, 0.2) is 109 Å². The molecule has 0 radical (unpaired) electrons. The Labute approximate surface area is 336 Å². The number of ether oxygens (including phenoxy) is 3. The van der Waals surface area contributed by atoms with Crippen LogP contribution >= 0.6 is 0 Å². The minimum absolute atomic E-state index is 0.116. The standard InChI is InChI=1S/C49H76O6/c1-4-7-10-13-16-19-21-23-24-26-27-30-33-36-39-42-48(51)54-45-46(44-53-47(50)41-38-35-32-29-18-15-12-9-6-3)55-49(52)43-40-37-34-31-28-25-22-20-17-14-11-8-5-2/h7-8,10-11,13-14,16-17,19-25,28,31,34,46H,4-6,9,12,15,18,26-27,29-30,32-33,35-45H2,1-3H3/b10-7-,11-8-,16-13-,17-14-,21-19-,22-20-,24-23-,28-25-,34-31-. The first-order chi connectivity index (χ1) is 27.0. The Morgan fingerprint density at radius 1 is 0.382 bits per heavy atom. The molecule has 0 bridgehead atoms. The molecular formula is C49H76O6. The minimum Gasteiger partial charge on any atom is -0.462 e. The molecule has 0 spiro atoms. The van der Waals surface area contributed by atoms with Crippen LogP contribution in [0, 0.1) is 0 Å². The van der Waals surface area contributed by atoms with Gasteiger partial charge in [-0.1, -0.05) is 201 Å². The van der Waals surface area contributed by atoms with Gasteiger partial charge in [-0.15, -0.1) is 0 Å². The summed E-state index contributed by atoms with van der Waals surface area (Å²) in [5.74, 6) is -1.03. The largest absolute Gasteiger partial charge is 0.462 e. The Morgan fingerprint density at radius 2 is 0.727 bits per heavy atom. The topological polar surface area (TPSA) is 78.9 Å². The average Bonchev–Trinajstić information content (AvgIpc) is 3.18. The Balaban J connectivity index is 4.56. The van der Waals surface area contributed by atoms with E-state index in [1.807, 2.05) is 79.0 Å². The van der Waals surface area contributed by atoms with Crippen LogP contribution in [0.3, 0.4) is 0 Å². The maximum Gasteiger partial charge on any atom is 0.306 e. The second-order valence-corrected chi connectivity index (χ2v) is 13.7. The molecule has 6 nitrogen and oxygen atoms in total. The third kappa shape index (κ3) is 41.1. The van der Waals surface area contributed by atoms with Crippen LogP contribution in [-0.4, -0.2) is 37.2 Å². The molecule has 0 saturated carbocycles. The van der Waals surface area contributed by atoms with Gasteiger partial charge in [-0.3, -0.25) is 14.4 Å². The van der Waals surface area contributed by atoms with E-state index in [1.165, 1.54) is 38.5 Å². The molecule has 1 unspecified atom stereocenters. The van der Waals surface area contributed by atoms with Gasteiger partial charge in [-0.25, -0.2) is 0 Å². The van der Waals surface area contributed by atoms with Crippen molar-refractivity contribution in [1.29, 1.82) is 0 Å². The molecule has 55 heavy (non-hydrogen) atoms. The van der Waals surface area contributed by atoms with Gasteiger partial charge in [0.15, 0.2) is 6.10 Å². The van der Waals surface area contributed by atoms with Crippen LogP contribution in [0.1, 0.15) is 162 Å². The van der Waals surface area contributed by atoms with E-state index in [2.05, 4.69) is 51.2 Å². The van der Waals surface area contributed by atoms with Crippen LogP contribution in [0.25, 0.3) is 0 Å².